The molecule has 1 amide bonds. The highest BCUT2D eigenvalue weighted by atomic mass is 35.5. The zero-order chi connectivity index (χ0) is 12.4. The third kappa shape index (κ3) is 2.24. The number of nitrogens with two attached hydrogens (primary N) is 1. The Kier molecular flexibility index (Phi) is 3.02. The number of carbonyl (C=O) groups is 1. The zero-order valence-corrected chi connectivity index (χ0v) is 9.61. The van der Waals surface area contributed by atoms with Crippen LogP contribution in [0.5, 0.6) is 5.75 Å². The molecule has 3 N–H and O–H groups in total. The first-order valence-electron chi connectivity index (χ1n) is 4.97. The summed E-state index contributed by atoms with van der Waals surface area (Å²) in [5, 5.41) is 10.3. The Hall–Kier alpha value is -2.00. The average Bonchev–Trinajstić information content (AvgIpc) is 2.32. The van der Waals surface area contributed by atoms with Gasteiger partial charge >= 0.3 is 0 Å². The van der Waals surface area contributed by atoms with Crippen LogP contribution in [0.3, 0.4) is 0 Å². The Morgan fingerprint density at radius 1 is 1.18 bits per heavy atom. The van der Waals surface area contributed by atoms with Crippen LogP contribution in [-0.2, 0) is 0 Å². The number of halogens is 1. The molecule has 17 heavy (non-hydrogen) atoms. The maximum atomic E-state index is 11.2. The van der Waals surface area contributed by atoms with E-state index in [2.05, 4.69) is 0 Å². The predicted octanol–water partition coefficient (Wildman–Crippen LogP) is 2.81. The van der Waals surface area contributed by atoms with Crippen molar-refractivity contribution in [1.29, 1.82) is 0 Å². The molecular formula is C13H10ClNO2. The number of amides is 1. The van der Waals surface area contributed by atoms with E-state index in [9.17, 15) is 9.90 Å². The summed E-state index contributed by atoms with van der Waals surface area (Å²) in [5.41, 5.74) is 6.46. The minimum absolute atomic E-state index is 0.0244. The van der Waals surface area contributed by atoms with Gasteiger partial charge in [-0.05, 0) is 17.7 Å². The van der Waals surface area contributed by atoms with E-state index in [1.54, 1.807) is 6.07 Å². The van der Waals surface area contributed by atoms with Crippen LogP contribution in [-0.4, -0.2) is 11.0 Å². The second-order valence-corrected chi connectivity index (χ2v) is 4.02. The molecule has 2 aromatic rings. The van der Waals surface area contributed by atoms with Crippen molar-refractivity contribution in [1.82, 2.24) is 0 Å². The molecule has 0 aliphatic carbocycles. The number of benzene rings is 2. The summed E-state index contributed by atoms with van der Waals surface area (Å²) in [6, 6.07) is 12.1. The number of aromatic hydroxyl groups is 1. The van der Waals surface area contributed by atoms with E-state index in [0.29, 0.717) is 10.6 Å². The molecule has 2 aromatic carbocycles. The number of hydrogen-bond acceptors (Lipinski definition) is 2. The Bertz CT molecular complexity index is 567. The first-order valence-corrected chi connectivity index (χ1v) is 5.35. The van der Waals surface area contributed by atoms with Crippen molar-refractivity contribution < 1.29 is 9.90 Å². The van der Waals surface area contributed by atoms with Gasteiger partial charge in [0.15, 0.2) is 0 Å². The maximum Gasteiger partial charge on any atom is 0.252 e. The summed E-state index contributed by atoms with van der Waals surface area (Å²) in [4.78, 5) is 11.2. The summed E-state index contributed by atoms with van der Waals surface area (Å²) < 4.78 is 0. The Balaban J connectivity index is 2.67. The number of carbonyl (C=O) groups excluding carboxylic acids is 1. The maximum absolute atomic E-state index is 11.2. The normalized spacial score (nSPS) is 10.2. The second-order valence-electron chi connectivity index (χ2n) is 3.58. The first-order chi connectivity index (χ1) is 8.09. The Morgan fingerprint density at radius 3 is 2.41 bits per heavy atom. The van der Waals surface area contributed by atoms with Gasteiger partial charge in [-0.25, -0.2) is 0 Å². The van der Waals surface area contributed by atoms with E-state index in [-0.39, 0.29) is 11.3 Å². The summed E-state index contributed by atoms with van der Waals surface area (Å²) in [7, 11) is 0. The van der Waals surface area contributed by atoms with E-state index in [1.165, 1.54) is 6.07 Å². The van der Waals surface area contributed by atoms with Crippen LogP contribution in [0.2, 0.25) is 5.02 Å². The fourth-order valence-electron chi connectivity index (χ4n) is 1.62. The monoisotopic (exact) mass is 247 g/mol. The number of primary amides is 1. The van der Waals surface area contributed by atoms with Crippen molar-refractivity contribution in [2.75, 3.05) is 0 Å². The van der Waals surface area contributed by atoms with Gasteiger partial charge in [0.05, 0.1) is 5.56 Å². The van der Waals surface area contributed by atoms with Crippen molar-refractivity contribution in [3.8, 4) is 16.9 Å². The second kappa shape index (κ2) is 4.47. The summed E-state index contributed by atoms with van der Waals surface area (Å²) in [5.74, 6) is -0.852. The van der Waals surface area contributed by atoms with E-state index >= 15 is 0 Å². The summed E-state index contributed by atoms with van der Waals surface area (Å²) in [6.45, 7) is 0. The quantitative estimate of drug-likeness (QED) is 0.857. The first kappa shape index (κ1) is 11.5. The van der Waals surface area contributed by atoms with Crippen LogP contribution >= 0.6 is 11.6 Å². The standard InChI is InChI=1S/C13H10ClNO2/c14-9-6-10(8-4-2-1-3-5-8)12(16)11(7-9)13(15)17/h1-7,16H,(H2,15,17). The minimum Gasteiger partial charge on any atom is -0.506 e. The van der Waals surface area contributed by atoms with Crippen molar-refractivity contribution in [2.24, 2.45) is 5.73 Å². The van der Waals surface area contributed by atoms with Crippen LogP contribution in [0, 0.1) is 0 Å². The lowest BCUT2D eigenvalue weighted by Crippen LogP contribution is -2.11. The molecule has 0 saturated heterocycles. The lowest BCUT2D eigenvalue weighted by atomic mass is 10.0. The topological polar surface area (TPSA) is 63.3 Å². The average molecular weight is 248 g/mol. The number of phenols is 1. The highest BCUT2D eigenvalue weighted by Crippen LogP contribution is 2.34. The highest BCUT2D eigenvalue weighted by Gasteiger charge is 2.14. The largest absolute Gasteiger partial charge is 0.506 e. The summed E-state index contributed by atoms with van der Waals surface area (Å²) >= 11 is 5.90. The molecule has 0 aliphatic rings. The SMILES string of the molecule is NC(=O)c1cc(Cl)cc(-c2ccccc2)c1O. The van der Waals surface area contributed by atoms with E-state index < -0.39 is 5.91 Å². The fourth-order valence-corrected chi connectivity index (χ4v) is 1.84. The molecule has 0 fully saturated rings. The van der Waals surface area contributed by atoms with Gasteiger partial charge in [-0.15, -0.1) is 0 Å². The molecule has 0 bridgehead atoms. The third-order valence-corrected chi connectivity index (χ3v) is 2.64. The van der Waals surface area contributed by atoms with Crippen LogP contribution in [0.4, 0.5) is 0 Å². The van der Waals surface area contributed by atoms with Gasteiger partial charge in [-0.1, -0.05) is 41.9 Å². The van der Waals surface area contributed by atoms with Crippen molar-refractivity contribution in [2.45, 2.75) is 0 Å². The Labute approximate surface area is 103 Å². The van der Waals surface area contributed by atoms with Gasteiger partial charge in [-0.2, -0.15) is 0 Å². The van der Waals surface area contributed by atoms with Gasteiger partial charge in [0.1, 0.15) is 5.75 Å². The molecule has 0 aromatic heterocycles. The predicted molar refractivity (Wildman–Crippen MR) is 67.1 cm³/mol. The zero-order valence-electron chi connectivity index (χ0n) is 8.85. The van der Waals surface area contributed by atoms with Gasteiger partial charge in [0.2, 0.25) is 0 Å². The molecule has 3 nitrogen and oxygen atoms in total. The van der Waals surface area contributed by atoms with Crippen LogP contribution in [0.15, 0.2) is 42.5 Å². The number of rotatable bonds is 2. The fraction of sp³-hybridized carbons (Fsp3) is 0. The van der Waals surface area contributed by atoms with E-state index in [4.69, 9.17) is 17.3 Å². The number of hydrogen-bond donors (Lipinski definition) is 2. The third-order valence-electron chi connectivity index (χ3n) is 2.42. The van der Waals surface area contributed by atoms with Crippen molar-refractivity contribution in [3.05, 3.63) is 53.1 Å². The molecular weight excluding hydrogens is 238 g/mol. The lowest BCUT2D eigenvalue weighted by Gasteiger charge is -2.08. The summed E-state index contributed by atoms with van der Waals surface area (Å²) in [6.07, 6.45) is 0. The molecule has 0 radical (unpaired) electrons. The Morgan fingerprint density at radius 2 is 1.82 bits per heavy atom. The lowest BCUT2D eigenvalue weighted by molar-refractivity contribution is 0.0998. The van der Waals surface area contributed by atoms with Crippen LogP contribution in [0.1, 0.15) is 10.4 Å². The molecule has 0 spiro atoms. The smallest absolute Gasteiger partial charge is 0.252 e. The molecule has 0 unspecified atom stereocenters. The van der Waals surface area contributed by atoms with Gasteiger partial charge in [-0.3, -0.25) is 4.79 Å². The van der Waals surface area contributed by atoms with Crippen LogP contribution < -0.4 is 5.73 Å². The van der Waals surface area contributed by atoms with Crippen molar-refractivity contribution >= 4 is 17.5 Å². The van der Waals surface area contributed by atoms with Gasteiger partial charge in [0.25, 0.3) is 5.91 Å². The van der Waals surface area contributed by atoms with Crippen LogP contribution in [0.25, 0.3) is 11.1 Å². The van der Waals surface area contributed by atoms with E-state index in [0.717, 1.165) is 5.56 Å². The molecule has 4 heteroatoms. The van der Waals surface area contributed by atoms with Gasteiger partial charge in [0, 0.05) is 10.6 Å². The highest BCUT2D eigenvalue weighted by molar-refractivity contribution is 6.31. The molecule has 0 aliphatic heterocycles. The molecule has 0 atom stereocenters. The molecule has 0 heterocycles. The van der Waals surface area contributed by atoms with E-state index in [1.807, 2.05) is 30.3 Å². The molecule has 86 valence electrons. The minimum atomic E-state index is -0.706. The van der Waals surface area contributed by atoms with Crippen molar-refractivity contribution in [3.63, 3.8) is 0 Å². The molecule has 2 rings (SSSR count). The van der Waals surface area contributed by atoms with Gasteiger partial charge < -0.3 is 10.8 Å². The molecule has 0 saturated carbocycles.